The molecule has 3 heterocycles. The largest absolute Gasteiger partial charge is 0.439 e. The summed E-state index contributed by atoms with van der Waals surface area (Å²) in [6.45, 7) is 1.96. The molecule has 2 aromatic carbocycles. The molecular formula is C25H22F3N5O. The maximum atomic E-state index is 13.0. The number of likely N-dealkylation sites (tertiary alicyclic amines) is 1. The lowest BCUT2D eigenvalue weighted by Gasteiger charge is -2.18. The number of rotatable bonds is 4. The lowest BCUT2D eigenvalue weighted by atomic mass is 9.90. The van der Waals surface area contributed by atoms with Gasteiger partial charge in [0.25, 0.3) is 0 Å². The Morgan fingerprint density at radius 2 is 1.88 bits per heavy atom. The van der Waals surface area contributed by atoms with Crippen LogP contribution < -0.4 is 10.5 Å². The third-order valence-electron chi connectivity index (χ3n) is 6.15. The Morgan fingerprint density at radius 3 is 2.59 bits per heavy atom. The van der Waals surface area contributed by atoms with Crippen molar-refractivity contribution in [3.63, 3.8) is 0 Å². The number of hydrogen-bond acceptors (Lipinski definition) is 6. The van der Waals surface area contributed by atoms with E-state index in [2.05, 4.69) is 33.0 Å². The van der Waals surface area contributed by atoms with Crippen molar-refractivity contribution < 1.29 is 17.9 Å². The lowest BCUT2D eigenvalue weighted by Crippen LogP contribution is -2.13. The van der Waals surface area contributed by atoms with Crippen LogP contribution in [0.2, 0.25) is 0 Å². The molecule has 4 aromatic rings. The SMILES string of the molecule is CN1CCC(c2cc(-c3ccc(Oc4cc(C(F)(F)F)ccn4)cc3)c(N)c3cncnc23)C1. The van der Waals surface area contributed by atoms with Gasteiger partial charge in [0.1, 0.15) is 12.1 Å². The van der Waals surface area contributed by atoms with Crippen molar-refractivity contribution in [2.45, 2.75) is 18.5 Å². The van der Waals surface area contributed by atoms with E-state index in [1.54, 1.807) is 18.3 Å². The van der Waals surface area contributed by atoms with Crippen LogP contribution in [0.1, 0.15) is 23.5 Å². The predicted molar refractivity (Wildman–Crippen MR) is 124 cm³/mol. The number of alkyl halides is 3. The fourth-order valence-electron chi connectivity index (χ4n) is 4.41. The second-order valence-corrected chi connectivity index (χ2v) is 8.47. The van der Waals surface area contributed by atoms with E-state index < -0.39 is 11.7 Å². The van der Waals surface area contributed by atoms with Crippen LogP contribution in [0.5, 0.6) is 11.6 Å². The first-order chi connectivity index (χ1) is 16.3. The first-order valence-corrected chi connectivity index (χ1v) is 10.8. The highest BCUT2D eigenvalue weighted by Gasteiger charge is 2.31. The molecule has 0 amide bonds. The second-order valence-electron chi connectivity index (χ2n) is 8.47. The van der Waals surface area contributed by atoms with Crippen LogP contribution in [0.4, 0.5) is 18.9 Å². The van der Waals surface area contributed by atoms with Crippen molar-refractivity contribution in [1.82, 2.24) is 19.9 Å². The van der Waals surface area contributed by atoms with Gasteiger partial charge in [0.15, 0.2) is 0 Å². The predicted octanol–water partition coefficient (Wildman–Crippen LogP) is 5.50. The summed E-state index contributed by atoms with van der Waals surface area (Å²) in [7, 11) is 2.10. The van der Waals surface area contributed by atoms with E-state index >= 15 is 0 Å². The van der Waals surface area contributed by atoms with Crippen LogP contribution in [0.3, 0.4) is 0 Å². The summed E-state index contributed by atoms with van der Waals surface area (Å²) in [5.41, 5.74) is 10.0. The fourth-order valence-corrected chi connectivity index (χ4v) is 4.41. The Balaban J connectivity index is 1.48. The third kappa shape index (κ3) is 4.26. The highest BCUT2D eigenvalue weighted by Crippen LogP contribution is 2.40. The molecule has 6 nitrogen and oxygen atoms in total. The number of nitrogens with zero attached hydrogens (tertiary/aromatic N) is 4. The summed E-state index contributed by atoms with van der Waals surface area (Å²) in [5, 5.41) is 0.804. The van der Waals surface area contributed by atoms with E-state index in [1.807, 2.05) is 12.1 Å². The topological polar surface area (TPSA) is 77.2 Å². The van der Waals surface area contributed by atoms with Gasteiger partial charge in [0.2, 0.25) is 5.88 Å². The molecule has 1 aliphatic heterocycles. The van der Waals surface area contributed by atoms with Crippen molar-refractivity contribution in [1.29, 1.82) is 0 Å². The molecule has 2 aromatic heterocycles. The number of hydrogen-bond donors (Lipinski definition) is 1. The number of aromatic nitrogens is 3. The van der Waals surface area contributed by atoms with Gasteiger partial charge >= 0.3 is 6.18 Å². The second kappa shape index (κ2) is 8.57. The molecule has 1 saturated heterocycles. The van der Waals surface area contributed by atoms with Crippen LogP contribution in [-0.2, 0) is 6.18 Å². The van der Waals surface area contributed by atoms with Crippen molar-refractivity contribution in [3.8, 4) is 22.8 Å². The number of pyridine rings is 1. The minimum atomic E-state index is -4.46. The molecule has 1 fully saturated rings. The van der Waals surface area contributed by atoms with Gasteiger partial charge in [-0.15, -0.1) is 0 Å². The van der Waals surface area contributed by atoms with Gasteiger partial charge in [-0.3, -0.25) is 0 Å². The molecule has 1 aliphatic rings. The molecule has 0 saturated carbocycles. The van der Waals surface area contributed by atoms with Gasteiger partial charge in [0.05, 0.1) is 16.8 Å². The van der Waals surface area contributed by atoms with Gasteiger partial charge in [-0.2, -0.15) is 13.2 Å². The quantitative estimate of drug-likeness (QED) is 0.401. The lowest BCUT2D eigenvalue weighted by molar-refractivity contribution is -0.137. The van der Waals surface area contributed by atoms with Gasteiger partial charge < -0.3 is 15.4 Å². The monoisotopic (exact) mass is 465 g/mol. The standard InChI is InChI=1S/C25H22F3N5O/c1-33-9-7-16(13-33)20-11-19(23(29)21-12-30-14-32-24(20)21)15-2-4-18(5-3-15)34-22-10-17(6-8-31-22)25(26,27)28/h2-6,8,10-12,14,16H,7,9,13,29H2,1H3. The van der Waals surface area contributed by atoms with Gasteiger partial charge in [-0.1, -0.05) is 12.1 Å². The highest BCUT2D eigenvalue weighted by atomic mass is 19.4. The van der Waals surface area contributed by atoms with E-state index in [9.17, 15) is 13.2 Å². The zero-order valence-corrected chi connectivity index (χ0v) is 18.4. The molecule has 0 radical (unpaired) electrons. The minimum Gasteiger partial charge on any atom is -0.439 e. The molecule has 0 aliphatic carbocycles. The number of nitrogens with two attached hydrogens (primary N) is 1. The summed E-state index contributed by atoms with van der Waals surface area (Å²) in [6.07, 6.45) is 0.924. The Hall–Kier alpha value is -3.72. The average Bonchev–Trinajstić information content (AvgIpc) is 3.26. The first kappa shape index (κ1) is 22.1. The maximum absolute atomic E-state index is 13.0. The van der Waals surface area contributed by atoms with E-state index in [1.165, 1.54) is 6.33 Å². The van der Waals surface area contributed by atoms with Crippen molar-refractivity contribution >= 4 is 16.6 Å². The first-order valence-electron chi connectivity index (χ1n) is 10.8. The summed E-state index contributed by atoms with van der Waals surface area (Å²) in [6, 6.07) is 10.9. The molecule has 34 heavy (non-hydrogen) atoms. The van der Waals surface area contributed by atoms with Crippen LogP contribution in [0, 0.1) is 0 Å². The van der Waals surface area contributed by atoms with Crippen molar-refractivity contribution in [2.75, 3.05) is 25.9 Å². The van der Waals surface area contributed by atoms with Crippen LogP contribution >= 0.6 is 0 Å². The molecule has 0 bridgehead atoms. The maximum Gasteiger partial charge on any atom is 0.416 e. The number of nitrogen functional groups attached to an aromatic ring is 1. The highest BCUT2D eigenvalue weighted by molar-refractivity contribution is 6.00. The van der Waals surface area contributed by atoms with E-state index in [4.69, 9.17) is 10.5 Å². The summed E-state index contributed by atoms with van der Waals surface area (Å²) in [5.74, 6) is 0.588. The Morgan fingerprint density at radius 1 is 1.09 bits per heavy atom. The van der Waals surface area contributed by atoms with Gasteiger partial charge in [0, 0.05) is 36.0 Å². The molecule has 2 N–H and O–H groups in total. The number of halogens is 3. The molecule has 1 unspecified atom stereocenters. The number of likely N-dealkylation sites (N-methyl/N-ethyl adjacent to an activating group) is 1. The smallest absolute Gasteiger partial charge is 0.416 e. The van der Waals surface area contributed by atoms with E-state index in [-0.39, 0.29) is 5.88 Å². The summed E-state index contributed by atoms with van der Waals surface area (Å²) < 4.78 is 44.4. The zero-order chi connectivity index (χ0) is 23.9. The molecule has 1 atom stereocenters. The van der Waals surface area contributed by atoms with E-state index in [0.717, 1.165) is 65.4 Å². The molecule has 174 valence electrons. The molecular weight excluding hydrogens is 443 g/mol. The molecule has 0 spiro atoms. The normalized spacial score (nSPS) is 16.8. The third-order valence-corrected chi connectivity index (χ3v) is 6.15. The number of anilines is 1. The summed E-state index contributed by atoms with van der Waals surface area (Å²) in [4.78, 5) is 14.9. The molecule has 5 rings (SSSR count). The van der Waals surface area contributed by atoms with Gasteiger partial charge in [-0.05, 0) is 61.3 Å². The van der Waals surface area contributed by atoms with E-state index in [0.29, 0.717) is 17.4 Å². The zero-order valence-electron chi connectivity index (χ0n) is 18.4. The minimum absolute atomic E-state index is 0.127. The van der Waals surface area contributed by atoms with Crippen molar-refractivity contribution in [2.24, 2.45) is 0 Å². The number of fused-ring (bicyclic) bond motifs is 1. The van der Waals surface area contributed by atoms with Crippen molar-refractivity contribution in [3.05, 3.63) is 72.3 Å². The van der Waals surface area contributed by atoms with Crippen LogP contribution in [0.15, 0.2) is 61.2 Å². The Bertz CT molecular complexity index is 1340. The fraction of sp³-hybridized carbons (Fsp3) is 0.240. The van der Waals surface area contributed by atoms with Crippen LogP contribution in [-0.4, -0.2) is 40.0 Å². The van der Waals surface area contributed by atoms with Crippen LogP contribution in [0.25, 0.3) is 22.0 Å². The molecule has 9 heteroatoms. The summed E-state index contributed by atoms with van der Waals surface area (Å²) >= 11 is 0. The Kier molecular flexibility index (Phi) is 5.57. The number of benzene rings is 2. The average molecular weight is 465 g/mol. The van der Waals surface area contributed by atoms with Gasteiger partial charge in [-0.25, -0.2) is 15.0 Å². The number of ether oxygens (including phenoxy) is 1. The Labute approximate surface area is 194 Å².